The molecule has 0 fully saturated rings. The number of aromatic nitrogens is 1. The van der Waals surface area contributed by atoms with Crippen molar-refractivity contribution < 1.29 is 19.1 Å². The van der Waals surface area contributed by atoms with Gasteiger partial charge in [-0.2, -0.15) is 0 Å². The van der Waals surface area contributed by atoms with Crippen molar-refractivity contribution in [3.05, 3.63) is 65.6 Å². The molecule has 0 aliphatic carbocycles. The molecule has 134 valence electrons. The fraction of sp³-hybridized carbons (Fsp3) is 0.158. The van der Waals surface area contributed by atoms with Gasteiger partial charge in [-0.25, -0.2) is 14.0 Å². The molecule has 6 nitrogen and oxygen atoms in total. The first-order valence-electron chi connectivity index (χ1n) is 8.05. The van der Waals surface area contributed by atoms with Crippen LogP contribution < -0.4 is 10.6 Å². The van der Waals surface area contributed by atoms with Crippen LogP contribution in [0, 0.1) is 12.7 Å². The molecule has 0 unspecified atom stereocenters. The van der Waals surface area contributed by atoms with Crippen LogP contribution in [0.15, 0.2) is 48.7 Å². The second-order valence-electron chi connectivity index (χ2n) is 6.07. The number of fused-ring (bicyclic) bond motifs is 1. The summed E-state index contributed by atoms with van der Waals surface area (Å²) in [5.41, 5.74) is 2.81. The van der Waals surface area contributed by atoms with Crippen molar-refractivity contribution in [1.29, 1.82) is 0 Å². The Hall–Kier alpha value is -3.35. The van der Waals surface area contributed by atoms with Gasteiger partial charge in [-0.1, -0.05) is 12.1 Å². The molecule has 0 bridgehead atoms. The Balaban J connectivity index is 1.72. The minimum Gasteiger partial charge on any atom is -0.480 e. The Morgan fingerprint density at radius 1 is 1.23 bits per heavy atom. The summed E-state index contributed by atoms with van der Waals surface area (Å²) in [6.45, 7) is 1.89. The average Bonchev–Trinajstić information content (AvgIpc) is 2.96. The summed E-state index contributed by atoms with van der Waals surface area (Å²) < 4.78 is 13.3. The van der Waals surface area contributed by atoms with Gasteiger partial charge in [0.15, 0.2) is 0 Å². The molecular weight excluding hydrogens is 337 g/mol. The number of halogens is 1. The van der Waals surface area contributed by atoms with E-state index in [2.05, 4.69) is 15.6 Å². The smallest absolute Gasteiger partial charge is 0.326 e. The SMILES string of the molecule is Cc1cccc(NC(=O)N[C@@H](Cc2c[nH]c3cc(F)ccc23)C(=O)O)c1. The first-order chi connectivity index (χ1) is 12.4. The van der Waals surface area contributed by atoms with Gasteiger partial charge < -0.3 is 20.7 Å². The van der Waals surface area contributed by atoms with Gasteiger partial charge in [0.25, 0.3) is 0 Å². The van der Waals surface area contributed by atoms with Gasteiger partial charge in [-0.3, -0.25) is 0 Å². The van der Waals surface area contributed by atoms with E-state index in [1.807, 2.05) is 13.0 Å². The second-order valence-corrected chi connectivity index (χ2v) is 6.07. The zero-order valence-corrected chi connectivity index (χ0v) is 14.0. The Labute approximate surface area is 149 Å². The molecule has 2 aromatic carbocycles. The number of rotatable bonds is 5. The van der Waals surface area contributed by atoms with Gasteiger partial charge in [0.2, 0.25) is 0 Å². The van der Waals surface area contributed by atoms with Crippen LogP contribution in [0.5, 0.6) is 0 Å². The highest BCUT2D eigenvalue weighted by Crippen LogP contribution is 2.20. The number of carboxylic acids is 1. The number of benzene rings is 2. The first-order valence-corrected chi connectivity index (χ1v) is 8.05. The summed E-state index contributed by atoms with van der Waals surface area (Å²) in [5.74, 6) is -1.53. The molecule has 0 radical (unpaired) electrons. The maximum Gasteiger partial charge on any atom is 0.326 e. The van der Waals surface area contributed by atoms with E-state index < -0.39 is 18.0 Å². The maximum atomic E-state index is 13.3. The highest BCUT2D eigenvalue weighted by Gasteiger charge is 2.22. The van der Waals surface area contributed by atoms with E-state index in [-0.39, 0.29) is 12.2 Å². The minimum absolute atomic E-state index is 0.0716. The van der Waals surface area contributed by atoms with Crippen LogP contribution in [0.4, 0.5) is 14.9 Å². The number of hydrogen-bond donors (Lipinski definition) is 4. The quantitative estimate of drug-likeness (QED) is 0.565. The molecule has 0 saturated heterocycles. The summed E-state index contributed by atoms with van der Waals surface area (Å²) in [6.07, 6.45) is 1.70. The van der Waals surface area contributed by atoms with E-state index >= 15 is 0 Å². The van der Waals surface area contributed by atoms with E-state index in [9.17, 15) is 19.1 Å². The topological polar surface area (TPSA) is 94.2 Å². The number of carboxylic acid groups (broad SMARTS) is 1. The van der Waals surface area contributed by atoms with Gasteiger partial charge in [-0.15, -0.1) is 0 Å². The lowest BCUT2D eigenvalue weighted by Gasteiger charge is -2.15. The van der Waals surface area contributed by atoms with Crippen LogP contribution in [-0.4, -0.2) is 28.1 Å². The normalized spacial score (nSPS) is 11.9. The molecule has 0 aliphatic rings. The lowest BCUT2D eigenvalue weighted by molar-refractivity contribution is -0.139. The van der Waals surface area contributed by atoms with E-state index in [4.69, 9.17) is 0 Å². The number of amides is 2. The minimum atomic E-state index is -1.15. The predicted octanol–water partition coefficient (Wildman–Crippen LogP) is 3.43. The highest BCUT2D eigenvalue weighted by atomic mass is 19.1. The number of aryl methyl sites for hydroxylation is 1. The standard InChI is InChI=1S/C19H18FN3O3/c1-11-3-2-4-14(7-11)22-19(26)23-17(18(24)25)8-12-10-21-16-9-13(20)5-6-15(12)16/h2-7,9-10,17,21H,8H2,1H3,(H,24,25)(H2,22,23,26)/t17-/m0/s1. The molecule has 0 spiro atoms. The number of nitrogens with one attached hydrogen (secondary N) is 3. The van der Waals surface area contributed by atoms with Crippen molar-refractivity contribution in [3.63, 3.8) is 0 Å². The fourth-order valence-corrected chi connectivity index (χ4v) is 2.80. The summed E-state index contributed by atoms with van der Waals surface area (Å²) in [7, 11) is 0. The van der Waals surface area contributed by atoms with E-state index in [0.717, 1.165) is 10.9 Å². The maximum absolute atomic E-state index is 13.3. The lowest BCUT2D eigenvalue weighted by Crippen LogP contribution is -2.44. The molecule has 4 N–H and O–H groups in total. The summed E-state index contributed by atoms with van der Waals surface area (Å²) in [4.78, 5) is 26.6. The average molecular weight is 355 g/mol. The van der Waals surface area contributed by atoms with Crippen LogP contribution in [0.25, 0.3) is 10.9 Å². The van der Waals surface area contributed by atoms with Crippen molar-refractivity contribution in [2.45, 2.75) is 19.4 Å². The van der Waals surface area contributed by atoms with Crippen molar-refractivity contribution in [3.8, 4) is 0 Å². The summed E-state index contributed by atoms with van der Waals surface area (Å²) in [6, 6.07) is 9.70. The monoisotopic (exact) mass is 355 g/mol. The molecule has 0 saturated carbocycles. The van der Waals surface area contributed by atoms with E-state index in [0.29, 0.717) is 16.8 Å². The molecule has 0 aliphatic heterocycles. The number of urea groups is 1. The number of aliphatic carboxylic acids is 1. The Morgan fingerprint density at radius 2 is 2.04 bits per heavy atom. The third-order valence-electron chi connectivity index (χ3n) is 4.03. The molecule has 1 aromatic heterocycles. The number of hydrogen-bond acceptors (Lipinski definition) is 2. The second kappa shape index (κ2) is 7.26. The number of aromatic amines is 1. The Kier molecular flexibility index (Phi) is 4.88. The first kappa shape index (κ1) is 17.5. The van der Waals surface area contributed by atoms with Crippen LogP contribution >= 0.6 is 0 Å². The third-order valence-corrected chi connectivity index (χ3v) is 4.03. The number of carbonyl (C=O) groups excluding carboxylic acids is 1. The van der Waals surface area contributed by atoms with Gasteiger partial charge in [0, 0.05) is 29.2 Å². The predicted molar refractivity (Wildman–Crippen MR) is 96.7 cm³/mol. The molecule has 2 amide bonds. The van der Waals surface area contributed by atoms with Gasteiger partial charge >= 0.3 is 12.0 Å². The molecular formula is C19H18FN3O3. The van der Waals surface area contributed by atoms with Crippen molar-refractivity contribution in [1.82, 2.24) is 10.3 Å². The number of carbonyl (C=O) groups is 2. The zero-order chi connectivity index (χ0) is 18.7. The lowest BCUT2D eigenvalue weighted by atomic mass is 10.1. The van der Waals surface area contributed by atoms with Gasteiger partial charge in [0.1, 0.15) is 11.9 Å². The van der Waals surface area contributed by atoms with Crippen LogP contribution in [-0.2, 0) is 11.2 Å². The van der Waals surface area contributed by atoms with Crippen LogP contribution in [0.3, 0.4) is 0 Å². The van der Waals surface area contributed by atoms with Crippen LogP contribution in [0.2, 0.25) is 0 Å². The highest BCUT2D eigenvalue weighted by molar-refractivity contribution is 5.92. The fourth-order valence-electron chi connectivity index (χ4n) is 2.80. The van der Waals surface area contributed by atoms with Gasteiger partial charge in [0.05, 0.1) is 0 Å². The van der Waals surface area contributed by atoms with E-state index in [1.165, 1.54) is 12.1 Å². The summed E-state index contributed by atoms with van der Waals surface area (Å²) in [5, 5.41) is 15.2. The number of H-pyrrole nitrogens is 1. The summed E-state index contributed by atoms with van der Waals surface area (Å²) >= 11 is 0. The molecule has 1 atom stereocenters. The molecule has 26 heavy (non-hydrogen) atoms. The number of anilines is 1. The van der Waals surface area contributed by atoms with Crippen molar-refractivity contribution in [2.75, 3.05) is 5.32 Å². The van der Waals surface area contributed by atoms with E-state index in [1.54, 1.807) is 30.5 Å². The molecule has 1 heterocycles. The van der Waals surface area contributed by atoms with Crippen molar-refractivity contribution >= 4 is 28.6 Å². The largest absolute Gasteiger partial charge is 0.480 e. The molecule has 7 heteroatoms. The third kappa shape index (κ3) is 4.00. The van der Waals surface area contributed by atoms with Crippen LogP contribution in [0.1, 0.15) is 11.1 Å². The van der Waals surface area contributed by atoms with Crippen molar-refractivity contribution in [2.24, 2.45) is 0 Å². The molecule has 3 aromatic rings. The Morgan fingerprint density at radius 3 is 2.77 bits per heavy atom. The Bertz CT molecular complexity index is 968. The molecule has 3 rings (SSSR count). The zero-order valence-electron chi connectivity index (χ0n) is 14.0. The van der Waals surface area contributed by atoms with Gasteiger partial charge in [-0.05, 0) is 48.4 Å².